The Balaban J connectivity index is 2.08. The molecule has 0 spiro atoms. The van der Waals surface area contributed by atoms with Crippen molar-refractivity contribution < 1.29 is 9.90 Å². The number of aliphatic carboxylic acids is 1. The van der Waals surface area contributed by atoms with Crippen LogP contribution in [0.3, 0.4) is 0 Å². The molecule has 2 rings (SSSR count). The second-order valence-corrected chi connectivity index (χ2v) is 6.93. The van der Waals surface area contributed by atoms with E-state index in [-0.39, 0.29) is 12.3 Å². The summed E-state index contributed by atoms with van der Waals surface area (Å²) in [5.41, 5.74) is 1.19. The average Bonchev–Trinajstić information content (AvgIpc) is 3.10. The third-order valence-electron chi connectivity index (χ3n) is 3.27. The molecule has 1 saturated carbocycles. The van der Waals surface area contributed by atoms with E-state index in [9.17, 15) is 4.79 Å². The maximum atomic E-state index is 10.9. The second kappa shape index (κ2) is 5.79. The smallest absolute Gasteiger partial charge is 0.303 e. The lowest BCUT2D eigenvalue weighted by molar-refractivity contribution is -0.137. The van der Waals surface area contributed by atoms with Crippen LogP contribution in [0.2, 0.25) is 0 Å². The van der Waals surface area contributed by atoms with E-state index in [2.05, 4.69) is 38.1 Å². The van der Waals surface area contributed by atoms with Crippen molar-refractivity contribution in [3.63, 3.8) is 0 Å². The predicted molar refractivity (Wildman–Crippen MR) is 75.2 cm³/mol. The first-order valence-electron chi connectivity index (χ1n) is 6.54. The van der Waals surface area contributed by atoms with Crippen molar-refractivity contribution in [3.8, 4) is 0 Å². The first-order chi connectivity index (χ1) is 8.56. The number of hydrogen-bond donors (Lipinski definition) is 1. The Hall–Kier alpha value is -0.960. The summed E-state index contributed by atoms with van der Waals surface area (Å²) in [5.74, 6) is 0.109. The Kier molecular flexibility index (Phi) is 4.33. The van der Waals surface area contributed by atoms with Crippen LogP contribution in [0, 0.1) is 5.92 Å². The molecule has 1 fully saturated rings. The number of rotatable bonds is 6. The highest BCUT2D eigenvalue weighted by Gasteiger charge is 2.33. The molecule has 1 aromatic carbocycles. The summed E-state index contributed by atoms with van der Waals surface area (Å²) in [6.45, 7) is 4.35. The molecule has 3 heteroatoms. The number of benzene rings is 1. The molecule has 0 aromatic heterocycles. The maximum Gasteiger partial charge on any atom is 0.303 e. The van der Waals surface area contributed by atoms with Gasteiger partial charge in [-0.05, 0) is 42.4 Å². The molecule has 98 valence electrons. The molecular formula is C15H20O2S. The van der Waals surface area contributed by atoms with E-state index >= 15 is 0 Å². The van der Waals surface area contributed by atoms with Gasteiger partial charge in [-0.3, -0.25) is 4.79 Å². The Morgan fingerprint density at radius 2 is 1.94 bits per heavy atom. The first kappa shape index (κ1) is 13.5. The predicted octanol–water partition coefficient (Wildman–Crippen LogP) is 4.16. The van der Waals surface area contributed by atoms with E-state index in [4.69, 9.17) is 5.11 Å². The SMILES string of the molecule is CC(C)Sc1ccc(C(CC(=O)O)C2CC2)cc1. The van der Waals surface area contributed by atoms with Crippen LogP contribution >= 0.6 is 11.8 Å². The highest BCUT2D eigenvalue weighted by molar-refractivity contribution is 7.99. The van der Waals surface area contributed by atoms with Crippen molar-refractivity contribution >= 4 is 17.7 Å². The third-order valence-corrected chi connectivity index (χ3v) is 4.28. The van der Waals surface area contributed by atoms with E-state index in [1.54, 1.807) is 0 Å². The minimum Gasteiger partial charge on any atom is -0.481 e. The minimum absolute atomic E-state index is 0.209. The molecule has 1 atom stereocenters. The molecule has 1 unspecified atom stereocenters. The molecule has 1 aliphatic rings. The summed E-state index contributed by atoms with van der Waals surface area (Å²) < 4.78 is 0. The van der Waals surface area contributed by atoms with Crippen molar-refractivity contribution in [2.24, 2.45) is 5.92 Å². The Morgan fingerprint density at radius 1 is 1.33 bits per heavy atom. The van der Waals surface area contributed by atoms with Gasteiger partial charge in [0.2, 0.25) is 0 Å². The molecule has 2 nitrogen and oxygen atoms in total. The average molecular weight is 264 g/mol. The second-order valence-electron chi connectivity index (χ2n) is 5.28. The van der Waals surface area contributed by atoms with Gasteiger partial charge in [-0.2, -0.15) is 0 Å². The van der Waals surface area contributed by atoms with E-state index in [1.165, 1.54) is 23.3 Å². The largest absolute Gasteiger partial charge is 0.481 e. The monoisotopic (exact) mass is 264 g/mol. The third kappa shape index (κ3) is 3.77. The van der Waals surface area contributed by atoms with Crippen molar-refractivity contribution in [2.45, 2.75) is 49.2 Å². The van der Waals surface area contributed by atoms with Crippen LogP contribution in [0.25, 0.3) is 0 Å². The zero-order valence-corrected chi connectivity index (χ0v) is 11.7. The zero-order valence-electron chi connectivity index (χ0n) is 10.9. The Labute approximate surface area is 113 Å². The minimum atomic E-state index is -0.687. The molecule has 0 radical (unpaired) electrons. The fraction of sp³-hybridized carbons (Fsp3) is 0.533. The molecule has 1 aliphatic carbocycles. The lowest BCUT2D eigenvalue weighted by Crippen LogP contribution is -2.08. The van der Waals surface area contributed by atoms with E-state index < -0.39 is 5.97 Å². The van der Waals surface area contributed by atoms with Crippen LogP contribution in [0.5, 0.6) is 0 Å². The van der Waals surface area contributed by atoms with Gasteiger partial charge in [0, 0.05) is 10.1 Å². The summed E-state index contributed by atoms with van der Waals surface area (Å²) >= 11 is 1.84. The highest BCUT2D eigenvalue weighted by Crippen LogP contribution is 2.44. The fourth-order valence-corrected chi connectivity index (χ4v) is 3.15. The summed E-state index contributed by atoms with van der Waals surface area (Å²) in [6, 6.07) is 8.46. The van der Waals surface area contributed by atoms with Gasteiger partial charge in [0.15, 0.2) is 0 Å². The van der Waals surface area contributed by atoms with Crippen molar-refractivity contribution in [3.05, 3.63) is 29.8 Å². The van der Waals surface area contributed by atoms with Gasteiger partial charge < -0.3 is 5.11 Å². The summed E-state index contributed by atoms with van der Waals surface area (Å²) in [7, 11) is 0. The van der Waals surface area contributed by atoms with Gasteiger partial charge in [-0.1, -0.05) is 26.0 Å². The van der Waals surface area contributed by atoms with Crippen LogP contribution in [-0.4, -0.2) is 16.3 Å². The molecule has 0 heterocycles. The Bertz CT molecular complexity index is 407. The van der Waals surface area contributed by atoms with Crippen LogP contribution in [-0.2, 0) is 4.79 Å². The van der Waals surface area contributed by atoms with Crippen molar-refractivity contribution in [1.82, 2.24) is 0 Å². The summed E-state index contributed by atoms with van der Waals surface area (Å²) in [4.78, 5) is 12.2. The zero-order chi connectivity index (χ0) is 13.1. The van der Waals surface area contributed by atoms with Crippen LogP contribution in [0.4, 0.5) is 0 Å². The number of thioether (sulfide) groups is 1. The van der Waals surface area contributed by atoms with Gasteiger partial charge in [-0.15, -0.1) is 11.8 Å². The van der Waals surface area contributed by atoms with Gasteiger partial charge in [0.1, 0.15) is 0 Å². The number of carbonyl (C=O) groups is 1. The molecule has 0 saturated heterocycles. The molecule has 0 aliphatic heterocycles. The molecule has 18 heavy (non-hydrogen) atoms. The van der Waals surface area contributed by atoms with Crippen molar-refractivity contribution in [1.29, 1.82) is 0 Å². The topological polar surface area (TPSA) is 37.3 Å². The summed E-state index contributed by atoms with van der Waals surface area (Å²) in [6.07, 6.45) is 2.63. The highest BCUT2D eigenvalue weighted by atomic mass is 32.2. The molecule has 0 bridgehead atoms. The molecule has 0 amide bonds. The van der Waals surface area contributed by atoms with Crippen LogP contribution in [0.1, 0.15) is 44.6 Å². The van der Waals surface area contributed by atoms with E-state index in [1.807, 2.05) is 11.8 Å². The number of hydrogen-bond acceptors (Lipinski definition) is 2. The lowest BCUT2D eigenvalue weighted by atomic mass is 9.91. The van der Waals surface area contributed by atoms with Gasteiger partial charge >= 0.3 is 5.97 Å². The molecule has 1 aromatic rings. The van der Waals surface area contributed by atoms with Gasteiger partial charge in [0.25, 0.3) is 0 Å². The normalized spacial score (nSPS) is 16.8. The van der Waals surface area contributed by atoms with Crippen LogP contribution in [0.15, 0.2) is 29.2 Å². The maximum absolute atomic E-state index is 10.9. The lowest BCUT2D eigenvalue weighted by Gasteiger charge is -2.15. The van der Waals surface area contributed by atoms with Crippen molar-refractivity contribution in [2.75, 3.05) is 0 Å². The van der Waals surface area contributed by atoms with E-state index in [0.717, 1.165) is 0 Å². The summed E-state index contributed by atoms with van der Waals surface area (Å²) in [5, 5.41) is 9.57. The first-order valence-corrected chi connectivity index (χ1v) is 7.42. The van der Waals surface area contributed by atoms with Crippen LogP contribution < -0.4 is 0 Å². The molecular weight excluding hydrogens is 244 g/mol. The Morgan fingerprint density at radius 3 is 2.39 bits per heavy atom. The number of carboxylic acids is 1. The number of carboxylic acid groups (broad SMARTS) is 1. The fourth-order valence-electron chi connectivity index (χ4n) is 2.31. The van der Waals surface area contributed by atoms with Gasteiger partial charge in [0.05, 0.1) is 6.42 Å². The quantitative estimate of drug-likeness (QED) is 0.784. The standard InChI is InChI=1S/C15H20O2S/c1-10(2)18-13-7-5-12(6-8-13)14(9-15(16)17)11-3-4-11/h5-8,10-11,14H,3-4,9H2,1-2H3,(H,16,17). The molecule has 1 N–H and O–H groups in total. The van der Waals surface area contributed by atoms with Gasteiger partial charge in [-0.25, -0.2) is 0 Å². The van der Waals surface area contributed by atoms with E-state index in [0.29, 0.717) is 11.2 Å².